The van der Waals surface area contributed by atoms with Crippen LogP contribution in [-0.2, 0) is 0 Å². The van der Waals surface area contributed by atoms with Crippen molar-refractivity contribution < 1.29 is 5.11 Å². The zero-order valence-electron chi connectivity index (χ0n) is 6.07. The SMILES string of the molecule is CCC(C)(O)CC.P. The van der Waals surface area contributed by atoms with E-state index >= 15 is 0 Å². The Morgan fingerprint density at radius 2 is 1.50 bits per heavy atom. The standard InChI is InChI=1S/C6H14O.H3P/c1-4-6(3,7)5-2;/h7H,4-5H2,1-3H3;1H3. The summed E-state index contributed by atoms with van der Waals surface area (Å²) in [6, 6.07) is 0. The molecule has 0 radical (unpaired) electrons. The van der Waals surface area contributed by atoms with E-state index in [4.69, 9.17) is 5.11 Å². The molecule has 0 bridgehead atoms. The van der Waals surface area contributed by atoms with E-state index in [1.807, 2.05) is 20.8 Å². The lowest BCUT2D eigenvalue weighted by molar-refractivity contribution is 0.0521. The zero-order chi connectivity index (χ0) is 5.91. The highest BCUT2D eigenvalue weighted by atomic mass is 31.0. The molecule has 0 rings (SSSR count). The van der Waals surface area contributed by atoms with E-state index in [9.17, 15) is 0 Å². The third-order valence-corrected chi connectivity index (χ3v) is 1.52. The van der Waals surface area contributed by atoms with Gasteiger partial charge in [0.1, 0.15) is 0 Å². The number of hydrogen-bond donors (Lipinski definition) is 1. The molecule has 0 aliphatic heterocycles. The Hall–Kier alpha value is 0.390. The van der Waals surface area contributed by atoms with Gasteiger partial charge in [0.2, 0.25) is 0 Å². The van der Waals surface area contributed by atoms with Gasteiger partial charge in [-0.15, -0.1) is 0 Å². The molecule has 0 saturated carbocycles. The molecular formula is C6H17OP. The van der Waals surface area contributed by atoms with E-state index in [1.165, 1.54) is 0 Å². The first kappa shape index (κ1) is 11.2. The lowest BCUT2D eigenvalue weighted by Gasteiger charge is -2.17. The lowest BCUT2D eigenvalue weighted by atomic mass is 10.0. The molecule has 2 heteroatoms. The summed E-state index contributed by atoms with van der Waals surface area (Å²) in [6.45, 7) is 5.83. The van der Waals surface area contributed by atoms with Gasteiger partial charge in [-0.3, -0.25) is 0 Å². The van der Waals surface area contributed by atoms with Gasteiger partial charge >= 0.3 is 0 Å². The van der Waals surface area contributed by atoms with Crippen LogP contribution in [0.4, 0.5) is 0 Å². The second-order valence-corrected chi connectivity index (χ2v) is 2.20. The third kappa shape index (κ3) is 4.55. The van der Waals surface area contributed by atoms with Gasteiger partial charge in [0.15, 0.2) is 0 Å². The Morgan fingerprint density at radius 3 is 1.50 bits per heavy atom. The van der Waals surface area contributed by atoms with Crippen LogP contribution in [0, 0.1) is 0 Å². The summed E-state index contributed by atoms with van der Waals surface area (Å²) in [4.78, 5) is 0. The summed E-state index contributed by atoms with van der Waals surface area (Å²) in [5.41, 5.74) is -0.417. The second-order valence-electron chi connectivity index (χ2n) is 2.20. The molecule has 52 valence electrons. The van der Waals surface area contributed by atoms with Crippen LogP contribution >= 0.6 is 9.90 Å². The zero-order valence-corrected chi connectivity index (χ0v) is 7.48. The highest BCUT2D eigenvalue weighted by molar-refractivity contribution is 6.92. The van der Waals surface area contributed by atoms with Gasteiger partial charge in [-0.25, -0.2) is 0 Å². The van der Waals surface area contributed by atoms with Crippen LogP contribution < -0.4 is 0 Å². The van der Waals surface area contributed by atoms with Crippen molar-refractivity contribution in [3.05, 3.63) is 0 Å². The van der Waals surface area contributed by atoms with Gasteiger partial charge in [0.05, 0.1) is 5.60 Å². The molecule has 1 unspecified atom stereocenters. The average Bonchev–Trinajstić information content (AvgIpc) is 1.68. The number of rotatable bonds is 2. The molecule has 0 amide bonds. The van der Waals surface area contributed by atoms with Gasteiger partial charge in [-0.1, -0.05) is 13.8 Å². The summed E-state index contributed by atoms with van der Waals surface area (Å²) in [5.74, 6) is 0. The molecule has 8 heavy (non-hydrogen) atoms. The first-order valence-corrected chi connectivity index (χ1v) is 2.84. The molecule has 0 heterocycles. The van der Waals surface area contributed by atoms with Crippen LogP contribution in [0.3, 0.4) is 0 Å². The average molecular weight is 136 g/mol. The number of hydrogen-bond acceptors (Lipinski definition) is 1. The molecule has 0 aromatic rings. The van der Waals surface area contributed by atoms with Crippen molar-refractivity contribution in [2.75, 3.05) is 0 Å². The predicted octanol–water partition coefficient (Wildman–Crippen LogP) is 1.62. The van der Waals surface area contributed by atoms with Crippen molar-refractivity contribution in [1.29, 1.82) is 0 Å². The maximum Gasteiger partial charge on any atom is 0.0614 e. The molecule has 0 saturated heterocycles. The summed E-state index contributed by atoms with van der Waals surface area (Å²) in [6.07, 6.45) is 1.70. The van der Waals surface area contributed by atoms with Crippen molar-refractivity contribution in [2.24, 2.45) is 0 Å². The van der Waals surface area contributed by atoms with Gasteiger partial charge in [0, 0.05) is 0 Å². The van der Waals surface area contributed by atoms with Crippen molar-refractivity contribution in [2.45, 2.75) is 39.2 Å². The van der Waals surface area contributed by atoms with Crippen molar-refractivity contribution in [3.8, 4) is 0 Å². The van der Waals surface area contributed by atoms with Crippen molar-refractivity contribution in [3.63, 3.8) is 0 Å². The first-order valence-electron chi connectivity index (χ1n) is 2.84. The van der Waals surface area contributed by atoms with Crippen molar-refractivity contribution >= 4 is 9.90 Å². The smallest absolute Gasteiger partial charge is 0.0614 e. The second kappa shape index (κ2) is 4.29. The molecule has 0 aliphatic rings. The van der Waals surface area contributed by atoms with Crippen LogP contribution in [0.5, 0.6) is 0 Å². The minimum Gasteiger partial charge on any atom is -0.390 e. The first-order chi connectivity index (χ1) is 3.12. The van der Waals surface area contributed by atoms with Gasteiger partial charge < -0.3 is 5.11 Å². The molecule has 0 aromatic carbocycles. The van der Waals surface area contributed by atoms with Crippen LogP contribution in [0.15, 0.2) is 0 Å². The molecule has 0 aromatic heterocycles. The maximum atomic E-state index is 9.13. The van der Waals surface area contributed by atoms with Gasteiger partial charge in [0.25, 0.3) is 0 Å². The van der Waals surface area contributed by atoms with Crippen LogP contribution in [-0.4, -0.2) is 10.7 Å². The Morgan fingerprint density at radius 1 is 1.25 bits per heavy atom. The highest BCUT2D eigenvalue weighted by Gasteiger charge is 2.12. The fraction of sp³-hybridized carbons (Fsp3) is 1.00. The van der Waals surface area contributed by atoms with E-state index in [2.05, 4.69) is 0 Å². The Bertz CT molecular complexity index is 46.5. The van der Waals surface area contributed by atoms with Crippen LogP contribution in [0.1, 0.15) is 33.6 Å². The maximum absolute atomic E-state index is 9.13. The van der Waals surface area contributed by atoms with Crippen LogP contribution in [0.2, 0.25) is 0 Å². The Labute approximate surface area is 55.1 Å². The fourth-order valence-corrected chi connectivity index (χ4v) is 0.250. The third-order valence-electron chi connectivity index (χ3n) is 1.52. The normalized spacial score (nSPS) is 10.5. The van der Waals surface area contributed by atoms with Gasteiger partial charge in [-0.2, -0.15) is 9.90 Å². The minimum atomic E-state index is -0.417. The van der Waals surface area contributed by atoms with E-state index in [1.54, 1.807) is 0 Å². The largest absolute Gasteiger partial charge is 0.390 e. The molecule has 1 nitrogen and oxygen atoms in total. The van der Waals surface area contributed by atoms with Crippen molar-refractivity contribution in [1.82, 2.24) is 0 Å². The quantitative estimate of drug-likeness (QED) is 0.572. The molecule has 1 atom stereocenters. The topological polar surface area (TPSA) is 20.2 Å². The molecular weight excluding hydrogens is 119 g/mol. The van der Waals surface area contributed by atoms with E-state index < -0.39 is 5.60 Å². The van der Waals surface area contributed by atoms with Crippen LogP contribution in [0.25, 0.3) is 0 Å². The highest BCUT2D eigenvalue weighted by Crippen LogP contribution is 2.11. The Kier molecular flexibility index (Phi) is 6.01. The number of aliphatic hydroxyl groups is 1. The lowest BCUT2D eigenvalue weighted by Crippen LogP contribution is -2.20. The van der Waals surface area contributed by atoms with E-state index in [0.717, 1.165) is 12.8 Å². The summed E-state index contributed by atoms with van der Waals surface area (Å²) >= 11 is 0. The fourth-order valence-electron chi connectivity index (χ4n) is 0.250. The summed E-state index contributed by atoms with van der Waals surface area (Å²) < 4.78 is 0. The predicted molar refractivity (Wildman–Crippen MR) is 42.3 cm³/mol. The molecule has 0 fully saturated rings. The molecule has 0 aliphatic carbocycles. The van der Waals surface area contributed by atoms with E-state index in [0.29, 0.717) is 0 Å². The molecule has 1 N–H and O–H groups in total. The monoisotopic (exact) mass is 136 g/mol. The Balaban J connectivity index is 0. The summed E-state index contributed by atoms with van der Waals surface area (Å²) in [5, 5.41) is 9.13. The molecule has 0 spiro atoms. The van der Waals surface area contributed by atoms with E-state index in [-0.39, 0.29) is 9.90 Å². The minimum absolute atomic E-state index is 0. The van der Waals surface area contributed by atoms with Gasteiger partial charge in [-0.05, 0) is 19.8 Å². The summed E-state index contributed by atoms with van der Waals surface area (Å²) in [7, 11) is 0.